The summed E-state index contributed by atoms with van der Waals surface area (Å²) in [5, 5.41) is 0.170. The maximum atomic E-state index is 12.4. The van der Waals surface area contributed by atoms with Crippen LogP contribution in [0.5, 0.6) is 0 Å². The Morgan fingerprint density at radius 1 is 1.64 bits per heavy atom. The topological polar surface area (TPSA) is 30.0 Å². The van der Waals surface area contributed by atoms with Crippen LogP contribution in [0.25, 0.3) is 0 Å². The summed E-state index contributed by atoms with van der Waals surface area (Å²) in [6.45, 7) is 0. The quantitative estimate of drug-likeness (QED) is 0.430. The number of Topliss-reactive ketones (excluding diaryl/α,β-unsaturated/α-hetero) is 1. The second-order valence-electron chi connectivity index (χ2n) is 1.90. The van der Waals surface area contributed by atoms with Crippen molar-refractivity contribution in [2.24, 2.45) is 0 Å². The van der Waals surface area contributed by atoms with Gasteiger partial charge in [-0.2, -0.15) is 4.39 Å². The second kappa shape index (κ2) is 3.57. The van der Waals surface area contributed by atoms with Crippen LogP contribution in [0.2, 0.25) is 0 Å². The summed E-state index contributed by atoms with van der Waals surface area (Å²) in [6.07, 6.45) is 0. The number of alkyl halides is 1. The van der Waals surface area contributed by atoms with Gasteiger partial charge in [-0.15, -0.1) is 0 Å². The number of hydrogen-bond acceptors (Lipinski definition) is 2. The molecule has 0 saturated heterocycles. The summed E-state index contributed by atoms with van der Waals surface area (Å²) in [4.78, 5) is 14.3. The van der Waals surface area contributed by atoms with Crippen molar-refractivity contribution in [2.75, 3.05) is 5.33 Å². The molecule has 1 heterocycles. The predicted molar refractivity (Wildman–Crippen MR) is 42.3 cm³/mol. The van der Waals surface area contributed by atoms with E-state index in [0.717, 1.165) is 0 Å². The lowest BCUT2D eigenvalue weighted by Gasteiger charge is -1.93. The summed E-state index contributed by atoms with van der Waals surface area (Å²) in [6, 6.07) is 4.13. The predicted octanol–water partition coefficient (Wildman–Crippen LogP) is 1.80. The van der Waals surface area contributed by atoms with Crippen molar-refractivity contribution in [3.63, 3.8) is 0 Å². The zero-order chi connectivity index (χ0) is 8.27. The van der Waals surface area contributed by atoms with Crippen molar-refractivity contribution in [3.05, 3.63) is 29.8 Å². The van der Waals surface area contributed by atoms with Crippen molar-refractivity contribution in [3.8, 4) is 0 Å². The molecule has 0 saturated carbocycles. The third-order valence-electron chi connectivity index (χ3n) is 1.12. The third kappa shape index (κ3) is 2.08. The van der Waals surface area contributed by atoms with Gasteiger partial charge in [0.15, 0.2) is 5.78 Å². The molecule has 0 aliphatic heterocycles. The average molecular weight is 218 g/mol. The number of rotatable bonds is 2. The largest absolute Gasteiger partial charge is 0.291 e. The number of carbonyl (C=O) groups excluding carboxylic acids is 1. The summed E-state index contributed by atoms with van der Waals surface area (Å²) in [5.41, 5.74) is 0.155. The van der Waals surface area contributed by atoms with E-state index in [9.17, 15) is 9.18 Å². The number of carbonyl (C=O) groups is 1. The molecule has 0 N–H and O–H groups in total. The van der Waals surface area contributed by atoms with Gasteiger partial charge in [0.1, 0.15) is 5.69 Å². The van der Waals surface area contributed by atoms with E-state index in [1.54, 1.807) is 0 Å². The molecule has 58 valence electrons. The number of pyridine rings is 1. The minimum absolute atomic E-state index is 0.155. The van der Waals surface area contributed by atoms with E-state index >= 15 is 0 Å². The SMILES string of the molecule is O=C(CBr)c1cccc(F)n1. The number of aromatic nitrogens is 1. The Bertz CT molecular complexity index is 277. The fourth-order valence-corrected chi connectivity index (χ4v) is 0.919. The van der Waals surface area contributed by atoms with Crippen LogP contribution in [0.15, 0.2) is 18.2 Å². The molecule has 0 fully saturated rings. The first-order chi connectivity index (χ1) is 5.24. The van der Waals surface area contributed by atoms with Gasteiger partial charge in [-0.3, -0.25) is 4.79 Å². The monoisotopic (exact) mass is 217 g/mol. The highest BCUT2D eigenvalue weighted by Crippen LogP contribution is 2.00. The lowest BCUT2D eigenvalue weighted by molar-refractivity contribution is 0.101. The molecule has 0 amide bonds. The van der Waals surface area contributed by atoms with Crippen molar-refractivity contribution >= 4 is 21.7 Å². The summed E-state index contributed by atoms with van der Waals surface area (Å²) >= 11 is 2.96. The normalized spacial score (nSPS) is 9.64. The van der Waals surface area contributed by atoms with Gasteiger partial charge in [-0.1, -0.05) is 22.0 Å². The summed E-state index contributed by atoms with van der Waals surface area (Å²) < 4.78 is 12.4. The van der Waals surface area contributed by atoms with E-state index in [4.69, 9.17) is 0 Å². The van der Waals surface area contributed by atoms with Gasteiger partial charge in [-0.25, -0.2) is 4.98 Å². The van der Waals surface area contributed by atoms with Gasteiger partial charge >= 0.3 is 0 Å². The molecular weight excluding hydrogens is 213 g/mol. The van der Waals surface area contributed by atoms with Crippen LogP contribution in [-0.2, 0) is 0 Å². The van der Waals surface area contributed by atoms with E-state index in [1.807, 2.05) is 0 Å². The molecule has 0 aliphatic rings. The van der Waals surface area contributed by atoms with Crippen LogP contribution < -0.4 is 0 Å². The van der Waals surface area contributed by atoms with Gasteiger partial charge in [0.25, 0.3) is 0 Å². The lowest BCUT2D eigenvalue weighted by Crippen LogP contribution is -2.03. The molecule has 2 nitrogen and oxygen atoms in total. The molecule has 1 aromatic rings. The smallest absolute Gasteiger partial charge is 0.213 e. The molecule has 0 unspecified atom stereocenters. The Morgan fingerprint density at radius 3 is 2.91 bits per heavy atom. The minimum atomic E-state index is -0.628. The number of halogens is 2. The maximum Gasteiger partial charge on any atom is 0.213 e. The molecule has 11 heavy (non-hydrogen) atoms. The molecule has 0 bridgehead atoms. The van der Waals surface area contributed by atoms with Crippen LogP contribution in [0.1, 0.15) is 10.5 Å². The van der Waals surface area contributed by atoms with Crippen LogP contribution >= 0.6 is 15.9 Å². The molecular formula is C7H5BrFNO. The zero-order valence-electron chi connectivity index (χ0n) is 5.55. The highest BCUT2D eigenvalue weighted by atomic mass is 79.9. The zero-order valence-corrected chi connectivity index (χ0v) is 7.14. The van der Waals surface area contributed by atoms with Crippen molar-refractivity contribution in [1.82, 2.24) is 4.98 Å². The van der Waals surface area contributed by atoms with Crippen molar-refractivity contribution in [2.45, 2.75) is 0 Å². The van der Waals surface area contributed by atoms with E-state index in [2.05, 4.69) is 20.9 Å². The first-order valence-electron chi connectivity index (χ1n) is 2.96. The fraction of sp³-hybridized carbons (Fsp3) is 0.143. The van der Waals surface area contributed by atoms with E-state index in [-0.39, 0.29) is 16.8 Å². The standard InChI is InChI=1S/C7H5BrFNO/c8-4-6(11)5-2-1-3-7(9)10-5/h1-3H,4H2. The first kappa shape index (κ1) is 8.33. The Hall–Kier alpha value is -0.770. The molecule has 1 aromatic heterocycles. The van der Waals surface area contributed by atoms with Gasteiger partial charge in [-0.05, 0) is 12.1 Å². The average Bonchev–Trinajstić information content (AvgIpc) is 2.03. The first-order valence-corrected chi connectivity index (χ1v) is 4.08. The lowest BCUT2D eigenvalue weighted by atomic mass is 10.3. The molecule has 0 aromatic carbocycles. The molecule has 4 heteroatoms. The minimum Gasteiger partial charge on any atom is -0.291 e. The Labute approximate surface area is 71.6 Å². The van der Waals surface area contributed by atoms with Crippen molar-refractivity contribution in [1.29, 1.82) is 0 Å². The van der Waals surface area contributed by atoms with Crippen LogP contribution in [0.4, 0.5) is 4.39 Å². The second-order valence-corrected chi connectivity index (χ2v) is 2.46. The van der Waals surface area contributed by atoms with E-state index in [1.165, 1.54) is 18.2 Å². The third-order valence-corrected chi connectivity index (χ3v) is 1.63. The molecule has 0 atom stereocenters. The number of nitrogens with zero attached hydrogens (tertiary/aromatic N) is 1. The van der Waals surface area contributed by atoms with Gasteiger partial charge in [0.2, 0.25) is 5.95 Å². The van der Waals surface area contributed by atoms with Crippen LogP contribution in [-0.4, -0.2) is 16.1 Å². The summed E-state index contributed by atoms with van der Waals surface area (Å²) in [7, 11) is 0. The van der Waals surface area contributed by atoms with E-state index in [0.29, 0.717) is 0 Å². The Morgan fingerprint density at radius 2 is 2.36 bits per heavy atom. The van der Waals surface area contributed by atoms with Gasteiger partial charge < -0.3 is 0 Å². The molecule has 0 aliphatic carbocycles. The fourth-order valence-electron chi connectivity index (χ4n) is 0.632. The van der Waals surface area contributed by atoms with Crippen molar-refractivity contribution < 1.29 is 9.18 Å². The van der Waals surface area contributed by atoms with Gasteiger partial charge in [0.05, 0.1) is 5.33 Å². The van der Waals surface area contributed by atoms with Crippen LogP contribution in [0.3, 0.4) is 0 Å². The highest BCUT2D eigenvalue weighted by Gasteiger charge is 2.04. The highest BCUT2D eigenvalue weighted by molar-refractivity contribution is 9.09. The maximum absolute atomic E-state index is 12.4. The van der Waals surface area contributed by atoms with Crippen LogP contribution in [0, 0.1) is 5.95 Å². The number of ketones is 1. The van der Waals surface area contributed by atoms with E-state index < -0.39 is 5.95 Å². The Kier molecular flexibility index (Phi) is 2.70. The molecule has 0 spiro atoms. The van der Waals surface area contributed by atoms with Gasteiger partial charge in [0, 0.05) is 0 Å². The molecule has 0 radical (unpaired) electrons. The number of hydrogen-bond donors (Lipinski definition) is 0. The summed E-state index contributed by atoms with van der Waals surface area (Å²) in [5.74, 6) is -0.846. The molecule has 1 rings (SSSR count). The Balaban J connectivity index is 2.96.